The first-order valence-corrected chi connectivity index (χ1v) is 46.2. The zero-order valence-corrected chi connectivity index (χ0v) is 77.8. The number of anilines is 3. The molecule has 35 heteroatoms. The highest BCUT2D eigenvalue weighted by Gasteiger charge is 2.25. The van der Waals surface area contributed by atoms with Crippen LogP contribution in [0.15, 0.2) is 293 Å². The number of nitrogens with zero attached hydrogens (tertiary/aromatic N) is 20. The summed E-state index contributed by atoms with van der Waals surface area (Å²) in [6.45, 7) is 11.4. The summed E-state index contributed by atoms with van der Waals surface area (Å²) in [5, 5.41) is 41.8. The van der Waals surface area contributed by atoms with E-state index in [-0.39, 0.29) is 35.3 Å². The summed E-state index contributed by atoms with van der Waals surface area (Å²) < 4.78 is 0. The number of para-hydroxylation sites is 4. The summed E-state index contributed by atoms with van der Waals surface area (Å²) in [6, 6.07) is 63.0. The summed E-state index contributed by atoms with van der Waals surface area (Å²) in [5.74, 6) is 2.84. The average Bonchev–Trinajstić information content (AvgIpc) is 1.63. The number of pyridine rings is 12. The molecule has 0 saturated carbocycles. The van der Waals surface area contributed by atoms with Gasteiger partial charge in [-0.25, -0.2) is 39.9 Å². The molecule has 143 heavy (non-hydrogen) atoms. The molecule has 0 radical (unpaired) electrons. The number of imidazole rings is 4. The number of H-pyrrole nitrogens is 8. The molecular weight excluding hydrogens is 1800 g/mol. The molecule has 35 nitrogen and oxygen atoms in total. The normalized spacial score (nSPS) is 11.4. The van der Waals surface area contributed by atoms with Crippen molar-refractivity contribution in [2.45, 2.75) is 67.2 Å². The van der Waals surface area contributed by atoms with E-state index in [0.717, 1.165) is 184 Å². The van der Waals surface area contributed by atoms with E-state index in [0.29, 0.717) is 88.6 Å². The average molecular weight is 1880 g/mol. The van der Waals surface area contributed by atoms with Crippen LogP contribution in [0.25, 0.3) is 224 Å². The molecule has 4 aromatic carbocycles. The Morgan fingerprint density at radius 3 is 1.01 bits per heavy atom. The number of hydrogen-bond donors (Lipinski definition) is 11. The van der Waals surface area contributed by atoms with Gasteiger partial charge in [0, 0.05) is 185 Å². The lowest BCUT2D eigenvalue weighted by Crippen LogP contribution is -2.17. The number of amides is 3. The molecule has 0 fully saturated rings. The standard InChI is InChI=1S/C28H24N8O.C27H22N8O.C27H21N7O.C26H20N8O/c1-16(2)10-24(37)32-19-11-17(13-29-15-19)18-12-21-26(35-36-27(21)31-14-18)28-33-23-8-5-6-20(25(23)34-28)22-7-3-4-9-30-22;1-15(2)27(36)31-18-10-16(12-28-14-18)17-11-20-24(34-35-25(20)30-13-17)26-32-22-8-5-6-19(23(22)33-26)21-7-3-4-9-29-21;1-2-20(35)13-19-7-6-17(14-29-19)18-12-22-25(33-34-26(22)30-15-18)27-31-23-5-3-4-21(24(23)32-27)16-8-10-28-11-9-16;1-2-22(35)30-17-10-15(12-27-14-17)16-11-19-24(33-34-25(19)29-13-16)26-31-21-8-5-6-18(23(21)32-26)20-7-3-4-9-28-20/h3-9,11-16H,10H2,1-2H3,(H,32,37)(H,33,34)(H,31,35,36);3-15H,1-2H3,(H,31,36)(H,32,33)(H,30,34,35);3-12,14-15H,2,13H2,1H3,(H,31,32)(H,30,33,34);3-14H,2H2,1H3,(H,30,35)(H,31,32)(H,29,33,34). The van der Waals surface area contributed by atoms with E-state index in [1.54, 1.807) is 99.1 Å². The van der Waals surface area contributed by atoms with E-state index >= 15 is 0 Å². The minimum Gasteiger partial charge on any atom is -0.337 e. The van der Waals surface area contributed by atoms with Gasteiger partial charge in [-0.05, 0) is 133 Å². The van der Waals surface area contributed by atoms with Crippen LogP contribution in [0.2, 0.25) is 0 Å². The number of benzene rings is 4. The number of hydrogen-bond acceptors (Lipinski definition) is 24. The monoisotopic (exact) mass is 1880 g/mol. The predicted molar refractivity (Wildman–Crippen MR) is 551 cm³/mol. The van der Waals surface area contributed by atoms with Gasteiger partial charge in [-0.2, -0.15) is 20.4 Å². The number of carbonyl (C=O) groups is 4. The molecule has 0 bridgehead atoms. The summed E-state index contributed by atoms with van der Waals surface area (Å²) in [7, 11) is 0. The van der Waals surface area contributed by atoms with E-state index in [4.69, 9.17) is 19.9 Å². The van der Waals surface area contributed by atoms with Gasteiger partial charge in [-0.3, -0.25) is 79.4 Å². The van der Waals surface area contributed by atoms with Crippen LogP contribution in [0.4, 0.5) is 17.1 Å². The number of nitrogens with one attached hydrogen (secondary N) is 11. The lowest BCUT2D eigenvalue weighted by molar-refractivity contribution is -0.119. The maximum absolute atomic E-state index is 12.2. The van der Waals surface area contributed by atoms with Gasteiger partial charge in [0.15, 0.2) is 45.9 Å². The molecule has 24 rings (SSSR count). The number of Topliss-reactive ketones (excluding diaryl/α,β-unsaturated/α-hetero) is 1. The van der Waals surface area contributed by atoms with E-state index in [1.807, 2.05) is 230 Å². The molecule has 0 atom stereocenters. The highest BCUT2D eigenvalue weighted by atomic mass is 16.2. The number of carbonyl (C=O) groups excluding carboxylic acids is 4. The summed E-state index contributed by atoms with van der Waals surface area (Å²) in [5.41, 5.74) is 29.4. The second-order valence-corrected chi connectivity index (χ2v) is 34.5. The van der Waals surface area contributed by atoms with Crippen LogP contribution in [0.5, 0.6) is 0 Å². The molecule has 698 valence electrons. The smallest absolute Gasteiger partial charge is 0.226 e. The van der Waals surface area contributed by atoms with Crippen molar-refractivity contribution in [1.29, 1.82) is 0 Å². The van der Waals surface area contributed by atoms with Crippen LogP contribution in [0.3, 0.4) is 0 Å². The number of aromatic amines is 8. The fourth-order valence-corrected chi connectivity index (χ4v) is 16.6. The molecule has 0 aliphatic rings. The van der Waals surface area contributed by atoms with Gasteiger partial charge in [-0.1, -0.05) is 114 Å². The minimum absolute atomic E-state index is 0.0328. The fraction of sp³-hybridized carbons (Fsp3) is 0.111. The van der Waals surface area contributed by atoms with Gasteiger partial charge in [0.25, 0.3) is 0 Å². The van der Waals surface area contributed by atoms with E-state index < -0.39 is 0 Å². The molecule has 0 spiro atoms. The number of fused-ring (bicyclic) bond motifs is 8. The van der Waals surface area contributed by atoms with Crippen LogP contribution in [-0.4, -0.2) is 164 Å². The zero-order valence-electron chi connectivity index (χ0n) is 77.8. The minimum atomic E-state index is -0.123. The first-order valence-electron chi connectivity index (χ1n) is 46.2. The Labute approximate surface area is 813 Å². The van der Waals surface area contributed by atoms with E-state index in [9.17, 15) is 19.2 Å². The van der Waals surface area contributed by atoms with Crippen molar-refractivity contribution < 1.29 is 19.2 Å². The fourth-order valence-electron chi connectivity index (χ4n) is 16.6. The molecule has 20 heterocycles. The number of aromatic nitrogens is 28. The third-order valence-corrected chi connectivity index (χ3v) is 23.9. The van der Waals surface area contributed by atoms with Crippen LogP contribution in [0, 0.1) is 11.8 Å². The van der Waals surface area contributed by atoms with Crippen molar-refractivity contribution in [2.24, 2.45) is 11.8 Å². The van der Waals surface area contributed by atoms with Gasteiger partial charge in [0.1, 0.15) is 28.6 Å². The second-order valence-electron chi connectivity index (χ2n) is 34.5. The van der Waals surface area contributed by atoms with Crippen molar-refractivity contribution in [1.82, 2.24) is 140 Å². The Bertz CT molecular complexity index is 8850. The molecule has 11 N–H and O–H groups in total. The third-order valence-electron chi connectivity index (χ3n) is 23.9. The molecule has 0 unspecified atom stereocenters. The van der Waals surface area contributed by atoms with Crippen molar-refractivity contribution >= 4 is 129 Å². The topological polar surface area (TPSA) is 488 Å². The summed E-state index contributed by atoms with van der Waals surface area (Å²) >= 11 is 0. The molecule has 0 aliphatic heterocycles. The van der Waals surface area contributed by atoms with Gasteiger partial charge in [0.05, 0.1) is 118 Å². The van der Waals surface area contributed by atoms with Crippen molar-refractivity contribution in [3.63, 3.8) is 0 Å². The maximum atomic E-state index is 12.2. The molecule has 3 amide bonds. The van der Waals surface area contributed by atoms with Crippen LogP contribution in [-0.2, 0) is 25.6 Å². The Kier molecular flexibility index (Phi) is 25.0. The Morgan fingerprint density at radius 2 is 0.664 bits per heavy atom. The van der Waals surface area contributed by atoms with Gasteiger partial charge in [0.2, 0.25) is 17.7 Å². The molecule has 24 aromatic rings. The summed E-state index contributed by atoms with van der Waals surface area (Å²) in [6.07, 6.45) is 29.5. The van der Waals surface area contributed by atoms with Crippen molar-refractivity contribution in [3.05, 3.63) is 299 Å². The largest absolute Gasteiger partial charge is 0.337 e. The van der Waals surface area contributed by atoms with E-state index in [1.165, 1.54) is 0 Å². The summed E-state index contributed by atoms with van der Waals surface area (Å²) in [4.78, 5) is 134. The van der Waals surface area contributed by atoms with Gasteiger partial charge in [-0.15, -0.1) is 0 Å². The molecule has 0 aliphatic carbocycles. The predicted octanol–water partition coefficient (Wildman–Crippen LogP) is 21.0. The van der Waals surface area contributed by atoms with Crippen molar-refractivity contribution in [2.75, 3.05) is 16.0 Å². The Hall–Kier alpha value is -19.5. The van der Waals surface area contributed by atoms with E-state index in [2.05, 4.69) is 143 Å². The highest BCUT2D eigenvalue weighted by molar-refractivity contribution is 6.04. The molecular formula is C108H87N31O4. The second kappa shape index (κ2) is 39.7. The van der Waals surface area contributed by atoms with Crippen LogP contribution in [0.1, 0.15) is 66.5 Å². The quantitative estimate of drug-likeness (QED) is 0.0300. The maximum Gasteiger partial charge on any atom is 0.226 e. The van der Waals surface area contributed by atoms with Gasteiger partial charge < -0.3 is 35.9 Å². The van der Waals surface area contributed by atoms with Crippen LogP contribution >= 0.6 is 0 Å². The number of ketones is 1. The first-order chi connectivity index (χ1) is 70.0. The SMILES string of the molecule is CC(C)C(=O)Nc1cncc(-c2cnc3n[nH]c(-c4nc5c(-c6ccccn6)cccc5[nH]4)c3c2)c1.CC(C)CC(=O)Nc1cncc(-c2cnc3n[nH]c(-c4nc5c(-c6ccccn6)cccc5[nH]4)c3c2)c1.CCC(=O)Cc1ccc(-c2cnc3n[nH]c(-c4nc5c(-c6ccncc6)cccc5[nH]4)c3c2)cn1.CCC(=O)Nc1cncc(-c2cnc3n[nH]c(-c4nc5c(-c6ccccn6)cccc5[nH]4)c3c2)c1. The Morgan fingerprint density at radius 1 is 0.308 bits per heavy atom. The van der Waals surface area contributed by atoms with Crippen molar-refractivity contribution in [3.8, 4) is 135 Å². The lowest BCUT2D eigenvalue weighted by atomic mass is 10.1. The highest BCUT2D eigenvalue weighted by Crippen LogP contribution is 2.40. The Balaban J connectivity index is 0.000000113. The molecule has 0 saturated heterocycles. The van der Waals surface area contributed by atoms with Crippen LogP contribution < -0.4 is 16.0 Å². The number of rotatable bonds is 22. The van der Waals surface area contributed by atoms with Gasteiger partial charge >= 0.3 is 0 Å². The zero-order chi connectivity index (χ0) is 97.6. The molecule has 20 aromatic heterocycles. The third kappa shape index (κ3) is 19.2. The first kappa shape index (κ1) is 90.0. The lowest BCUT2D eigenvalue weighted by Gasteiger charge is -2.09.